The summed E-state index contributed by atoms with van der Waals surface area (Å²) in [4.78, 5) is 15.5. The second-order valence-electron chi connectivity index (χ2n) is 6.64. The van der Waals surface area contributed by atoms with Gasteiger partial charge < -0.3 is 4.90 Å². The molecule has 1 amide bonds. The number of hydrogen-bond acceptors (Lipinski definition) is 4. The first-order valence-corrected chi connectivity index (χ1v) is 8.58. The quantitative estimate of drug-likeness (QED) is 0.710. The Labute approximate surface area is 153 Å². The van der Waals surface area contributed by atoms with Gasteiger partial charge in [-0.05, 0) is 42.7 Å². The van der Waals surface area contributed by atoms with Crippen molar-refractivity contribution in [2.24, 2.45) is 0 Å². The Morgan fingerprint density at radius 1 is 1.08 bits per heavy atom. The summed E-state index contributed by atoms with van der Waals surface area (Å²) >= 11 is 0. The van der Waals surface area contributed by atoms with E-state index in [0.29, 0.717) is 12.4 Å². The molecular formula is C20H23N5O. The van der Waals surface area contributed by atoms with E-state index in [1.165, 1.54) is 15.9 Å². The Bertz CT molecular complexity index is 931. The summed E-state index contributed by atoms with van der Waals surface area (Å²) < 4.78 is 0. The molecule has 0 aliphatic carbocycles. The molecule has 3 aromatic rings. The lowest BCUT2D eigenvalue weighted by Gasteiger charge is -2.18. The Morgan fingerprint density at radius 2 is 1.85 bits per heavy atom. The molecule has 0 spiro atoms. The van der Waals surface area contributed by atoms with Crippen molar-refractivity contribution in [1.82, 2.24) is 25.1 Å². The number of rotatable bonds is 5. The van der Waals surface area contributed by atoms with E-state index in [1.807, 2.05) is 31.2 Å². The minimum absolute atomic E-state index is 0.0568. The first-order valence-electron chi connectivity index (χ1n) is 8.58. The maximum Gasteiger partial charge on any atom is 0.246 e. The SMILES string of the molecule is Cc1ccc(CN(C)C(=O)Cn2nnc(-c3ccccc3C)n2)c(C)c1. The Hall–Kier alpha value is -3.02. The van der Waals surface area contributed by atoms with Crippen LogP contribution in [0.1, 0.15) is 22.3 Å². The van der Waals surface area contributed by atoms with Crippen molar-refractivity contribution >= 4 is 5.91 Å². The predicted molar refractivity (Wildman–Crippen MR) is 100 cm³/mol. The molecule has 0 radical (unpaired) electrons. The lowest BCUT2D eigenvalue weighted by Crippen LogP contribution is -2.30. The molecule has 26 heavy (non-hydrogen) atoms. The molecule has 1 heterocycles. The van der Waals surface area contributed by atoms with Crippen molar-refractivity contribution in [3.05, 3.63) is 64.7 Å². The number of nitrogens with zero attached hydrogens (tertiary/aromatic N) is 5. The van der Waals surface area contributed by atoms with Crippen LogP contribution >= 0.6 is 0 Å². The average Bonchev–Trinajstić information content (AvgIpc) is 3.06. The van der Waals surface area contributed by atoms with Crippen LogP contribution in [0, 0.1) is 20.8 Å². The summed E-state index contributed by atoms with van der Waals surface area (Å²) in [6.45, 7) is 6.76. The van der Waals surface area contributed by atoms with E-state index in [-0.39, 0.29) is 12.5 Å². The third kappa shape index (κ3) is 3.96. The van der Waals surface area contributed by atoms with Crippen LogP contribution in [-0.4, -0.2) is 38.1 Å². The fourth-order valence-electron chi connectivity index (χ4n) is 2.85. The number of hydrogen-bond donors (Lipinski definition) is 0. The van der Waals surface area contributed by atoms with Crippen LogP contribution in [0.5, 0.6) is 0 Å². The molecule has 0 aliphatic rings. The van der Waals surface area contributed by atoms with Crippen LogP contribution in [0.25, 0.3) is 11.4 Å². The highest BCUT2D eigenvalue weighted by molar-refractivity contribution is 5.75. The molecule has 6 heteroatoms. The minimum atomic E-state index is -0.0568. The number of carbonyl (C=O) groups excluding carboxylic acids is 1. The molecule has 0 bridgehead atoms. The summed E-state index contributed by atoms with van der Waals surface area (Å²) in [6.07, 6.45) is 0. The molecule has 0 aliphatic heterocycles. The van der Waals surface area contributed by atoms with Crippen LogP contribution in [0.4, 0.5) is 0 Å². The van der Waals surface area contributed by atoms with Gasteiger partial charge in [-0.25, -0.2) is 0 Å². The highest BCUT2D eigenvalue weighted by Gasteiger charge is 2.14. The molecule has 0 saturated heterocycles. The van der Waals surface area contributed by atoms with Crippen LogP contribution in [0.15, 0.2) is 42.5 Å². The lowest BCUT2D eigenvalue weighted by molar-refractivity contribution is -0.131. The van der Waals surface area contributed by atoms with Crippen molar-refractivity contribution in [1.29, 1.82) is 0 Å². The number of benzene rings is 2. The van der Waals surface area contributed by atoms with Crippen molar-refractivity contribution in [3.63, 3.8) is 0 Å². The van der Waals surface area contributed by atoms with Gasteiger partial charge in [-0.1, -0.05) is 48.0 Å². The van der Waals surface area contributed by atoms with E-state index >= 15 is 0 Å². The predicted octanol–water partition coefficient (Wildman–Crippen LogP) is 2.92. The second kappa shape index (κ2) is 7.47. The van der Waals surface area contributed by atoms with E-state index in [1.54, 1.807) is 11.9 Å². The van der Waals surface area contributed by atoms with Crippen LogP contribution < -0.4 is 0 Å². The fourth-order valence-corrected chi connectivity index (χ4v) is 2.85. The maximum absolute atomic E-state index is 12.5. The van der Waals surface area contributed by atoms with Gasteiger partial charge in [-0.15, -0.1) is 10.2 Å². The van der Waals surface area contributed by atoms with Gasteiger partial charge in [0.25, 0.3) is 0 Å². The third-order valence-corrected chi connectivity index (χ3v) is 4.45. The lowest BCUT2D eigenvalue weighted by atomic mass is 10.1. The van der Waals surface area contributed by atoms with Gasteiger partial charge in [-0.3, -0.25) is 4.79 Å². The molecule has 6 nitrogen and oxygen atoms in total. The molecule has 0 fully saturated rings. The smallest absolute Gasteiger partial charge is 0.246 e. The van der Waals surface area contributed by atoms with E-state index in [2.05, 4.69) is 47.5 Å². The maximum atomic E-state index is 12.5. The zero-order valence-electron chi connectivity index (χ0n) is 15.6. The van der Waals surface area contributed by atoms with Crippen LogP contribution in [-0.2, 0) is 17.9 Å². The van der Waals surface area contributed by atoms with E-state index in [4.69, 9.17) is 0 Å². The monoisotopic (exact) mass is 349 g/mol. The highest BCUT2D eigenvalue weighted by atomic mass is 16.2. The van der Waals surface area contributed by atoms with Crippen molar-refractivity contribution in [2.75, 3.05) is 7.05 Å². The highest BCUT2D eigenvalue weighted by Crippen LogP contribution is 2.18. The fraction of sp³-hybridized carbons (Fsp3) is 0.300. The topological polar surface area (TPSA) is 63.9 Å². The number of amides is 1. The molecular weight excluding hydrogens is 326 g/mol. The second-order valence-corrected chi connectivity index (χ2v) is 6.64. The van der Waals surface area contributed by atoms with Crippen LogP contribution in [0.3, 0.4) is 0 Å². The Kier molecular flexibility index (Phi) is 5.11. The van der Waals surface area contributed by atoms with Gasteiger partial charge >= 0.3 is 0 Å². The molecule has 0 atom stereocenters. The first kappa shape index (κ1) is 17.8. The Morgan fingerprint density at radius 3 is 2.58 bits per heavy atom. The first-order chi connectivity index (χ1) is 12.4. The van der Waals surface area contributed by atoms with E-state index < -0.39 is 0 Å². The van der Waals surface area contributed by atoms with Gasteiger partial charge in [0.05, 0.1) is 0 Å². The number of tetrazole rings is 1. The molecule has 3 rings (SSSR count). The van der Waals surface area contributed by atoms with Gasteiger partial charge in [0.1, 0.15) is 6.54 Å². The number of carbonyl (C=O) groups is 1. The number of aryl methyl sites for hydroxylation is 3. The molecule has 0 unspecified atom stereocenters. The van der Waals surface area contributed by atoms with Crippen molar-refractivity contribution in [3.8, 4) is 11.4 Å². The van der Waals surface area contributed by atoms with Gasteiger partial charge in [0.2, 0.25) is 11.7 Å². The number of aromatic nitrogens is 4. The van der Waals surface area contributed by atoms with E-state index in [9.17, 15) is 4.79 Å². The van der Waals surface area contributed by atoms with Crippen molar-refractivity contribution < 1.29 is 4.79 Å². The largest absolute Gasteiger partial charge is 0.340 e. The third-order valence-electron chi connectivity index (χ3n) is 4.45. The van der Waals surface area contributed by atoms with Gasteiger partial charge in [-0.2, -0.15) is 4.80 Å². The normalized spacial score (nSPS) is 10.8. The van der Waals surface area contributed by atoms with Crippen molar-refractivity contribution in [2.45, 2.75) is 33.9 Å². The minimum Gasteiger partial charge on any atom is -0.340 e. The average molecular weight is 349 g/mol. The summed E-state index contributed by atoms with van der Waals surface area (Å²) in [7, 11) is 1.79. The van der Waals surface area contributed by atoms with E-state index in [0.717, 1.165) is 16.7 Å². The summed E-state index contributed by atoms with van der Waals surface area (Å²) in [5, 5.41) is 12.4. The summed E-state index contributed by atoms with van der Waals surface area (Å²) in [5.41, 5.74) is 5.54. The number of likely N-dealkylation sites (N-methyl/N-ethyl adjacent to an activating group) is 1. The molecule has 0 N–H and O–H groups in total. The zero-order chi connectivity index (χ0) is 18.7. The molecule has 2 aromatic carbocycles. The standard InChI is InChI=1S/C20H23N5O/c1-14-9-10-17(16(3)11-14)12-24(4)19(26)13-25-22-20(21-23-25)18-8-6-5-7-15(18)2/h5-11H,12-13H2,1-4H3. The molecule has 0 saturated carbocycles. The Balaban J connectivity index is 1.67. The van der Waals surface area contributed by atoms with Gasteiger partial charge in [0, 0.05) is 19.2 Å². The summed E-state index contributed by atoms with van der Waals surface area (Å²) in [6, 6.07) is 14.1. The summed E-state index contributed by atoms with van der Waals surface area (Å²) in [5.74, 6) is 0.478. The zero-order valence-corrected chi connectivity index (χ0v) is 15.6. The van der Waals surface area contributed by atoms with Gasteiger partial charge in [0.15, 0.2) is 0 Å². The van der Waals surface area contributed by atoms with Crippen LogP contribution in [0.2, 0.25) is 0 Å². The molecule has 1 aromatic heterocycles. The molecule has 134 valence electrons.